The molecule has 4 heteroatoms. The van der Waals surface area contributed by atoms with Gasteiger partial charge in [-0.15, -0.1) is 0 Å². The molecule has 0 bridgehead atoms. The molecule has 0 unspecified atom stereocenters. The standard InChI is InChI=1S/C6H7ClN2O/c1-4-8-5(3-10)2-6(7)9-4/h2,10H,3H2,1H3. The van der Waals surface area contributed by atoms with E-state index in [2.05, 4.69) is 9.97 Å². The van der Waals surface area contributed by atoms with Crippen LogP contribution < -0.4 is 0 Å². The quantitative estimate of drug-likeness (QED) is 0.619. The number of hydrogen-bond donors (Lipinski definition) is 1. The molecule has 0 aliphatic heterocycles. The van der Waals surface area contributed by atoms with Gasteiger partial charge in [0, 0.05) is 0 Å². The highest BCUT2D eigenvalue weighted by molar-refractivity contribution is 6.29. The maximum Gasteiger partial charge on any atom is 0.133 e. The first-order valence-electron chi connectivity index (χ1n) is 2.83. The SMILES string of the molecule is Cc1nc(Cl)cc(CO)n1. The van der Waals surface area contributed by atoms with Crippen LogP contribution in [0.5, 0.6) is 0 Å². The molecule has 1 aromatic heterocycles. The van der Waals surface area contributed by atoms with E-state index in [-0.39, 0.29) is 6.61 Å². The van der Waals surface area contributed by atoms with E-state index < -0.39 is 0 Å². The Kier molecular flexibility index (Phi) is 2.19. The van der Waals surface area contributed by atoms with Crippen LogP contribution >= 0.6 is 11.6 Å². The number of rotatable bonds is 1. The number of aryl methyl sites for hydroxylation is 1. The van der Waals surface area contributed by atoms with Crippen LogP contribution in [0.25, 0.3) is 0 Å². The van der Waals surface area contributed by atoms with Crippen molar-refractivity contribution in [2.45, 2.75) is 13.5 Å². The molecule has 3 nitrogen and oxygen atoms in total. The Morgan fingerprint density at radius 1 is 1.60 bits per heavy atom. The molecule has 1 heterocycles. The summed E-state index contributed by atoms with van der Waals surface area (Å²) in [6.07, 6.45) is 0. The largest absolute Gasteiger partial charge is 0.390 e. The van der Waals surface area contributed by atoms with Crippen LogP contribution in [-0.4, -0.2) is 15.1 Å². The van der Waals surface area contributed by atoms with Gasteiger partial charge in [-0.25, -0.2) is 9.97 Å². The molecule has 54 valence electrons. The average Bonchev–Trinajstić information content (AvgIpc) is 1.85. The highest BCUT2D eigenvalue weighted by Gasteiger charge is 1.96. The number of halogens is 1. The van der Waals surface area contributed by atoms with E-state index in [1.807, 2.05) is 0 Å². The van der Waals surface area contributed by atoms with E-state index in [9.17, 15) is 0 Å². The summed E-state index contributed by atoms with van der Waals surface area (Å²) in [5.41, 5.74) is 0.553. The molecule has 0 aromatic carbocycles. The number of aromatic nitrogens is 2. The van der Waals surface area contributed by atoms with Crippen LogP contribution in [0.4, 0.5) is 0 Å². The monoisotopic (exact) mass is 158 g/mol. The third kappa shape index (κ3) is 1.65. The Morgan fingerprint density at radius 2 is 2.30 bits per heavy atom. The first-order chi connectivity index (χ1) is 4.72. The molecule has 0 fully saturated rings. The van der Waals surface area contributed by atoms with Crippen LogP contribution in [0, 0.1) is 6.92 Å². The first kappa shape index (κ1) is 7.44. The Balaban J connectivity index is 3.06. The number of aliphatic hydroxyl groups excluding tert-OH is 1. The van der Waals surface area contributed by atoms with Gasteiger partial charge in [0.1, 0.15) is 11.0 Å². The highest BCUT2D eigenvalue weighted by atomic mass is 35.5. The summed E-state index contributed by atoms with van der Waals surface area (Å²) < 4.78 is 0. The topological polar surface area (TPSA) is 46.0 Å². The third-order valence-electron chi connectivity index (χ3n) is 1.02. The van der Waals surface area contributed by atoms with Gasteiger partial charge in [0.2, 0.25) is 0 Å². The van der Waals surface area contributed by atoms with Crippen molar-refractivity contribution in [2.24, 2.45) is 0 Å². The van der Waals surface area contributed by atoms with Gasteiger partial charge in [0.05, 0.1) is 12.3 Å². The maximum atomic E-state index is 8.64. The number of aliphatic hydroxyl groups is 1. The summed E-state index contributed by atoms with van der Waals surface area (Å²) in [7, 11) is 0. The Bertz CT molecular complexity index is 219. The zero-order valence-electron chi connectivity index (χ0n) is 5.50. The van der Waals surface area contributed by atoms with E-state index in [4.69, 9.17) is 16.7 Å². The van der Waals surface area contributed by atoms with Gasteiger partial charge in [0.15, 0.2) is 0 Å². The van der Waals surface area contributed by atoms with Gasteiger partial charge >= 0.3 is 0 Å². The van der Waals surface area contributed by atoms with Crippen molar-refractivity contribution in [3.8, 4) is 0 Å². The van der Waals surface area contributed by atoms with Gasteiger partial charge in [-0.05, 0) is 13.0 Å². The molecule has 1 rings (SSSR count). The minimum atomic E-state index is -0.0942. The fraction of sp³-hybridized carbons (Fsp3) is 0.333. The summed E-state index contributed by atoms with van der Waals surface area (Å²) >= 11 is 5.57. The second-order valence-electron chi connectivity index (χ2n) is 1.89. The highest BCUT2D eigenvalue weighted by Crippen LogP contribution is 2.05. The summed E-state index contributed by atoms with van der Waals surface area (Å²) in [4.78, 5) is 7.73. The Hall–Kier alpha value is -0.670. The van der Waals surface area contributed by atoms with Crippen LogP contribution in [0.3, 0.4) is 0 Å². The fourth-order valence-corrected chi connectivity index (χ4v) is 0.919. The van der Waals surface area contributed by atoms with Gasteiger partial charge < -0.3 is 5.11 Å². The normalized spacial score (nSPS) is 9.90. The first-order valence-corrected chi connectivity index (χ1v) is 3.21. The van der Waals surface area contributed by atoms with E-state index in [1.54, 1.807) is 6.92 Å². The third-order valence-corrected chi connectivity index (χ3v) is 1.22. The minimum absolute atomic E-state index is 0.0942. The molecule has 0 saturated heterocycles. The fourth-order valence-electron chi connectivity index (χ4n) is 0.670. The van der Waals surface area contributed by atoms with Crippen LogP contribution in [0.1, 0.15) is 11.5 Å². The summed E-state index contributed by atoms with van der Waals surface area (Å²) in [6, 6.07) is 1.54. The molecule has 0 amide bonds. The van der Waals surface area contributed by atoms with Crippen LogP contribution in [0.15, 0.2) is 6.07 Å². The van der Waals surface area contributed by atoms with Crippen molar-refractivity contribution in [3.63, 3.8) is 0 Å². The van der Waals surface area contributed by atoms with Crippen molar-refractivity contribution in [3.05, 3.63) is 22.7 Å². The van der Waals surface area contributed by atoms with Crippen molar-refractivity contribution in [1.82, 2.24) is 9.97 Å². The second kappa shape index (κ2) is 2.94. The van der Waals surface area contributed by atoms with Crippen LogP contribution in [0.2, 0.25) is 5.15 Å². The smallest absolute Gasteiger partial charge is 0.133 e. The lowest BCUT2D eigenvalue weighted by Crippen LogP contribution is -1.94. The van der Waals surface area contributed by atoms with E-state index in [0.29, 0.717) is 16.7 Å². The summed E-state index contributed by atoms with van der Waals surface area (Å²) in [5, 5.41) is 9.01. The summed E-state index contributed by atoms with van der Waals surface area (Å²) in [5.74, 6) is 0.580. The molecule has 0 saturated carbocycles. The molecule has 10 heavy (non-hydrogen) atoms. The van der Waals surface area contributed by atoms with Crippen molar-refractivity contribution >= 4 is 11.6 Å². The molecular weight excluding hydrogens is 152 g/mol. The predicted octanol–water partition coefficient (Wildman–Crippen LogP) is 0.931. The van der Waals surface area contributed by atoms with Gasteiger partial charge in [0.25, 0.3) is 0 Å². The maximum absolute atomic E-state index is 8.64. The zero-order valence-corrected chi connectivity index (χ0v) is 6.26. The van der Waals surface area contributed by atoms with E-state index in [1.165, 1.54) is 6.07 Å². The second-order valence-corrected chi connectivity index (χ2v) is 2.27. The zero-order chi connectivity index (χ0) is 7.56. The van der Waals surface area contributed by atoms with E-state index in [0.717, 1.165) is 0 Å². The Morgan fingerprint density at radius 3 is 2.80 bits per heavy atom. The lowest BCUT2D eigenvalue weighted by molar-refractivity contribution is 0.276. The molecule has 1 N–H and O–H groups in total. The van der Waals surface area contributed by atoms with Crippen molar-refractivity contribution in [1.29, 1.82) is 0 Å². The molecule has 0 spiro atoms. The van der Waals surface area contributed by atoms with Gasteiger partial charge in [-0.3, -0.25) is 0 Å². The molecule has 1 aromatic rings. The van der Waals surface area contributed by atoms with Crippen molar-refractivity contribution in [2.75, 3.05) is 0 Å². The van der Waals surface area contributed by atoms with E-state index >= 15 is 0 Å². The molecular formula is C6H7ClN2O. The Labute approximate surface area is 63.7 Å². The number of hydrogen-bond acceptors (Lipinski definition) is 3. The van der Waals surface area contributed by atoms with Gasteiger partial charge in [-0.1, -0.05) is 11.6 Å². The minimum Gasteiger partial charge on any atom is -0.390 e. The molecule has 0 aliphatic rings. The van der Waals surface area contributed by atoms with Crippen molar-refractivity contribution < 1.29 is 5.11 Å². The molecule has 0 radical (unpaired) electrons. The van der Waals surface area contributed by atoms with Gasteiger partial charge in [-0.2, -0.15) is 0 Å². The lowest BCUT2D eigenvalue weighted by Gasteiger charge is -1.96. The number of nitrogens with zero attached hydrogens (tertiary/aromatic N) is 2. The van der Waals surface area contributed by atoms with Crippen LogP contribution in [-0.2, 0) is 6.61 Å². The molecule has 0 atom stereocenters. The average molecular weight is 159 g/mol. The molecule has 0 aliphatic carbocycles. The summed E-state index contributed by atoms with van der Waals surface area (Å²) in [6.45, 7) is 1.63. The predicted molar refractivity (Wildman–Crippen MR) is 37.7 cm³/mol. The lowest BCUT2D eigenvalue weighted by atomic mass is 10.4.